The molecule has 2 N–H and O–H groups in total. The van der Waals surface area contributed by atoms with Crippen LogP contribution in [0, 0.1) is 0 Å². The van der Waals surface area contributed by atoms with Gasteiger partial charge in [-0.3, -0.25) is 4.79 Å². The molecule has 0 aliphatic carbocycles. The van der Waals surface area contributed by atoms with E-state index in [-0.39, 0.29) is 11.9 Å². The van der Waals surface area contributed by atoms with Crippen molar-refractivity contribution in [3.63, 3.8) is 0 Å². The molecule has 1 amide bonds. The van der Waals surface area contributed by atoms with Gasteiger partial charge in [-0.2, -0.15) is 0 Å². The van der Waals surface area contributed by atoms with Gasteiger partial charge in [-0.05, 0) is 30.7 Å². The Balaban J connectivity index is 2.09. The van der Waals surface area contributed by atoms with Crippen molar-refractivity contribution in [1.29, 1.82) is 0 Å². The predicted molar refractivity (Wildman–Crippen MR) is 76.2 cm³/mol. The summed E-state index contributed by atoms with van der Waals surface area (Å²) in [6, 6.07) is 5.38. The van der Waals surface area contributed by atoms with Crippen LogP contribution in [0.15, 0.2) is 24.3 Å². The molecule has 0 unspecified atom stereocenters. The zero-order chi connectivity index (χ0) is 13.8. The number of carbonyl (C=O) groups is 1. The summed E-state index contributed by atoms with van der Waals surface area (Å²) in [5.74, 6) is 0.654. The van der Waals surface area contributed by atoms with Crippen LogP contribution in [0.2, 0.25) is 5.02 Å². The van der Waals surface area contributed by atoms with Gasteiger partial charge in [0.25, 0.3) is 0 Å². The molecule has 0 aromatic heterocycles. The first-order chi connectivity index (χ1) is 9.10. The van der Waals surface area contributed by atoms with E-state index >= 15 is 0 Å². The number of benzene rings is 1. The zero-order valence-corrected chi connectivity index (χ0v) is 11.6. The summed E-state index contributed by atoms with van der Waals surface area (Å²) >= 11 is 5.93. The largest absolute Gasteiger partial charge is 0.496 e. The molecule has 1 atom stereocenters. The van der Waals surface area contributed by atoms with Crippen molar-refractivity contribution in [2.75, 3.05) is 20.2 Å². The van der Waals surface area contributed by atoms with E-state index in [1.807, 2.05) is 0 Å². The third kappa shape index (κ3) is 3.49. The molecular weight excluding hydrogens is 264 g/mol. The van der Waals surface area contributed by atoms with E-state index in [9.17, 15) is 4.79 Å². The number of methoxy groups -OCH3 is 1. The van der Waals surface area contributed by atoms with Crippen LogP contribution in [0.5, 0.6) is 5.75 Å². The molecule has 1 aromatic carbocycles. The quantitative estimate of drug-likeness (QED) is 0.861. The van der Waals surface area contributed by atoms with Gasteiger partial charge in [0.05, 0.1) is 7.11 Å². The summed E-state index contributed by atoms with van der Waals surface area (Å²) in [6.07, 6.45) is 4.11. The minimum atomic E-state index is -0.0324. The van der Waals surface area contributed by atoms with Crippen LogP contribution in [0.3, 0.4) is 0 Å². The van der Waals surface area contributed by atoms with Crippen LogP contribution in [0.4, 0.5) is 0 Å². The molecule has 1 fully saturated rings. The highest BCUT2D eigenvalue weighted by molar-refractivity contribution is 6.30. The molecule has 0 radical (unpaired) electrons. The van der Waals surface area contributed by atoms with E-state index in [1.54, 1.807) is 36.3 Å². The van der Waals surface area contributed by atoms with Crippen LogP contribution < -0.4 is 10.5 Å². The maximum atomic E-state index is 12.0. The van der Waals surface area contributed by atoms with Crippen molar-refractivity contribution in [3.8, 4) is 5.75 Å². The average molecular weight is 281 g/mol. The van der Waals surface area contributed by atoms with E-state index in [4.69, 9.17) is 22.1 Å². The molecule has 2 rings (SSSR count). The van der Waals surface area contributed by atoms with Gasteiger partial charge in [-0.1, -0.05) is 11.6 Å². The normalized spacial score (nSPS) is 19.1. The van der Waals surface area contributed by atoms with Crippen molar-refractivity contribution in [2.24, 2.45) is 5.73 Å². The van der Waals surface area contributed by atoms with E-state index < -0.39 is 0 Å². The fraction of sp³-hybridized carbons (Fsp3) is 0.357. The topological polar surface area (TPSA) is 55.6 Å². The summed E-state index contributed by atoms with van der Waals surface area (Å²) in [5, 5.41) is 0.607. The second kappa shape index (κ2) is 6.08. The summed E-state index contributed by atoms with van der Waals surface area (Å²) < 4.78 is 5.22. The molecule has 1 aliphatic heterocycles. The number of likely N-dealkylation sites (tertiary alicyclic amines) is 1. The number of hydrogen-bond acceptors (Lipinski definition) is 3. The van der Waals surface area contributed by atoms with E-state index in [0.717, 1.165) is 18.5 Å². The van der Waals surface area contributed by atoms with Crippen LogP contribution in [0.25, 0.3) is 6.08 Å². The molecule has 5 heteroatoms. The Morgan fingerprint density at radius 1 is 1.58 bits per heavy atom. The van der Waals surface area contributed by atoms with Gasteiger partial charge in [0.2, 0.25) is 5.91 Å². The maximum absolute atomic E-state index is 12.0. The van der Waals surface area contributed by atoms with Gasteiger partial charge in [-0.15, -0.1) is 0 Å². The van der Waals surface area contributed by atoms with Crippen LogP contribution in [-0.4, -0.2) is 37.0 Å². The highest BCUT2D eigenvalue weighted by Gasteiger charge is 2.21. The first-order valence-electron chi connectivity index (χ1n) is 6.16. The van der Waals surface area contributed by atoms with Gasteiger partial charge in [0, 0.05) is 35.8 Å². The first-order valence-corrected chi connectivity index (χ1v) is 6.54. The molecule has 1 aromatic rings. The Morgan fingerprint density at radius 2 is 2.37 bits per heavy atom. The van der Waals surface area contributed by atoms with Crippen LogP contribution in [0.1, 0.15) is 12.0 Å². The van der Waals surface area contributed by atoms with E-state index in [0.29, 0.717) is 17.3 Å². The van der Waals surface area contributed by atoms with Crippen LogP contribution >= 0.6 is 11.6 Å². The summed E-state index contributed by atoms with van der Waals surface area (Å²) in [4.78, 5) is 13.7. The molecule has 0 bridgehead atoms. The number of amides is 1. The lowest BCUT2D eigenvalue weighted by atomic mass is 10.2. The number of ether oxygens (including phenoxy) is 1. The molecule has 1 aliphatic rings. The fourth-order valence-corrected chi connectivity index (χ4v) is 2.27. The third-order valence-electron chi connectivity index (χ3n) is 3.13. The van der Waals surface area contributed by atoms with Crippen molar-refractivity contribution >= 4 is 23.6 Å². The molecule has 1 saturated heterocycles. The Labute approximate surface area is 117 Å². The summed E-state index contributed by atoms with van der Waals surface area (Å²) in [6.45, 7) is 1.34. The van der Waals surface area contributed by atoms with Gasteiger partial charge >= 0.3 is 0 Å². The van der Waals surface area contributed by atoms with Gasteiger partial charge in [0.1, 0.15) is 5.75 Å². The molecule has 102 valence electrons. The number of hydrogen-bond donors (Lipinski definition) is 1. The molecule has 0 saturated carbocycles. The molecule has 1 heterocycles. The van der Waals surface area contributed by atoms with Crippen molar-refractivity contribution < 1.29 is 9.53 Å². The number of nitrogens with two attached hydrogens (primary N) is 1. The Bertz CT molecular complexity index is 502. The van der Waals surface area contributed by atoms with E-state index in [2.05, 4.69) is 0 Å². The lowest BCUT2D eigenvalue weighted by Gasteiger charge is -2.12. The standard InChI is InChI=1S/C14H17ClN2O2/c1-19-13-4-3-11(15)8-10(13)2-5-14(18)17-7-6-12(16)9-17/h2-5,8,12H,6-7,9,16H2,1H3/b5-2+/t12-/m1/s1. The lowest BCUT2D eigenvalue weighted by Crippen LogP contribution is -2.30. The Hall–Kier alpha value is -1.52. The van der Waals surface area contributed by atoms with Gasteiger partial charge in [-0.25, -0.2) is 0 Å². The SMILES string of the molecule is COc1ccc(Cl)cc1/C=C/C(=O)N1CC[C@@H](N)C1. The van der Waals surface area contributed by atoms with E-state index in [1.165, 1.54) is 6.08 Å². The highest BCUT2D eigenvalue weighted by atomic mass is 35.5. The second-order valence-corrected chi connectivity index (χ2v) is 4.99. The molecule has 19 heavy (non-hydrogen) atoms. The number of halogens is 1. The lowest BCUT2D eigenvalue weighted by molar-refractivity contribution is -0.124. The predicted octanol–water partition coefficient (Wildman–Crippen LogP) is 1.92. The monoisotopic (exact) mass is 280 g/mol. The Kier molecular flexibility index (Phi) is 4.45. The van der Waals surface area contributed by atoms with Crippen molar-refractivity contribution in [1.82, 2.24) is 4.90 Å². The second-order valence-electron chi connectivity index (χ2n) is 4.55. The molecular formula is C14H17ClN2O2. The Morgan fingerprint density at radius 3 is 3.00 bits per heavy atom. The smallest absolute Gasteiger partial charge is 0.246 e. The minimum absolute atomic E-state index is 0.0324. The third-order valence-corrected chi connectivity index (χ3v) is 3.37. The minimum Gasteiger partial charge on any atom is -0.496 e. The summed E-state index contributed by atoms with van der Waals surface area (Å²) in [5.41, 5.74) is 6.56. The van der Waals surface area contributed by atoms with Crippen molar-refractivity contribution in [2.45, 2.75) is 12.5 Å². The average Bonchev–Trinajstić information content (AvgIpc) is 2.83. The van der Waals surface area contributed by atoms with Crippen molar-refractivity contribution in [3.05, 3.63) is 34.9 Å². The summed E-state index contributed by atoms with van der Waals surface area (Å²) in [7, 11) is 1.59. The molecule has 4 nitrogen and oxygen atoms in total. The van der Waals surface area contributed by atoms with Gasteiger partial charge in [0.15, 0.2) is 0 Å². The molecule has 0 spiro atoms. The number of carbonyl (C=O) groups excluding carboxylic acids is 1. The first kappa shape index (κ1) is 13.9. The fourth-order valence-electron chi connectivity index (χ4n) is 2.09. The maximum Gasteiger partial charge on any atom is 0.246 e. The number of nitrogens with zero attached hydrogens (tertiary/aromatic N) is 1. The zero-order valence-electron chi connectivity index (χ0n) is 10.8. The highest BCUT2D eigenvalue weighted by Crippen LogP contribution is 2.24. The number of rotatable bonds is 3. The van der Waals surface area contributed by atoms with Crippen LogP contribution in [-0.2, 0) is 4.79 Å². The van der Waals surface area contributed by atoms with Gasteiger partial charge < -0.3 is 15.4 Å².